The molecule has 6 heterocycles. The summed E-state index contributed by atoms with van der Waals surface area (Å²) in [5, 5.41) is 16.0. The predicted molar refractivity (Wildman–Crippen MR) is 178 cm³/mol. The van der Waals surface area contributed by atoms with Crippen LogP contribution >= 0.6 is 11.3 Å². The highest BCUT2D eigenvalue weighted by atomic mass is 32.1. The van der Waals surface area contributed by atoms with Crippen molar-refractivity contribution in [3.8, 4) is 23.2 Å². The van der Waals surface area contributed by atoms with Crippen molar-refractivity contribution >= 4 is 59.9 Å². The van der Waals surface area contributed by atoms with Gasteiger partial charge in [-0.3, -0.25) is 4.68 Å². The third-order valence-electron chi connectivity index (χ3n) is 9.53. The van der Waals surface area contributed by atoms with E-state index in [1.165, 1.54) is 12.1 Å². The number of pyridine rings is 1. The minimum atomic E-state index is -0.657. The molecule has 0 bridgehead atoms. The number of nitrogens with zero attached hydrogens (tertiary/aromatic N) is 8. The van der Waals surface area contributed by atoms with Crippen LogP contribution in [0, 0.1) is 23.0 Å². The summed E-state index contributed by atoms with van der Waals surface area (Å²) in [4.78, 5) is 18.2. The van der Waals surface area contributed by atoms with E-state index in [9.17, 15) is 5.26 Å². The molecule has 1 fully saturated rings. The minimum absolute atomic E-state index is 0.0338. The summed E-state index contributed by atoms with van der Waals surface area (Å²) in [5.74, 6) is -0.319. The summed E-state index contributed by atoms with van der Waals surface area (Å²) < 4.78 is 40.6. The second-order valence-electron chi connectivity index (χ2n) is 12.1. The Hall–Kier alpha value is -5.13. The zero-order chi connectivity index (χ0) is 32.6. The lowest BCUT2D eigenvalue weighted by Crippen LogP contribution is -2.32. The maximum atomic E-state index is 17.4. The zero-order valence-electron chi connectivity index (χ0n) is 25.7. The molecule has 4 aromatic heterocycles. The lowest BCUT2D eigenvalue weighted by atomic mass is 9.94. The van der Waals surface area contributed by atoms with Gasteiger partial charge < -0.3 is 26.0 Å². The summed E-state index contributed by atoms with van der Waals surface area (Å²) in [5.41, 5.74) is 14.5. The van der Waals surface area contributed by atoms with Crippen LogP contribution in [-0.4, -0.2) is 62.4 Å². The highest BCUT2D eigenvalue weighted by Crippen LogP contribution is 2.48. The average molecular weight is 653 g/mol. The van der Waals surface area contributed by atoms with E-state index in [0.717, 1.165) is 36.3 Å². The normalized spacial score (nSPS) is 17.2. The molecule has 14 heteroatoms. The molecular weight excluding hydrogens is 622 g/mol. The molecule has 238 valence electrons. The van der Waals surface area contributed by atoms with E-state index in [2.05, 4.69) is 33.0 Å². The molecular formula is C33H30F2N10OS. The number of halogens is 2. The van der Waals surface area contributed by atoms with Crippen LogP contribution in [0.4, 0.5) is 25.4 Å². The van der Waals surface area contributed by atoms with Gasteiger partial charge in [-0.15, -0.1) is 11.3 Å². The summed E-state index contributed by atoms with van der Waals surface area (Å²) in [6, 6.07) is 8.54. The van der Waals surface area contributed by atoms with Gasteiger partial charge in [0.2, 0.25) is 0 Å². The second-order valence-corrected chi connectivity index (χ2v) is 13.1. The Bertz CT molecular complexity index is 2280. The van der Waals surface area contributed by atoms with Crippen LogP contribution in [0.5, 0.6) is 6.01 Å². The van der Waals surface area contributed by atoms with Crippen LogP contribution in [-0.2, 0) is 6.54 Å². The topological polar surface area (TPSA) is 148 Å². The van der Waals surface area contributed by atoms with Crippen molar-refractivity contribution in [3.05, 3.63) is 59.4 Å². The van der Waals surface area contributed by atoms with Crippen molar-refractivity contribution in [3.63, 3.8) is 0 Å². The van der Waals surface area contributed by atoms with Gasteiger partial charge in [0.25, 0.3) is 0 Å². The van der Waals surface area contributed by atoms with E-state index in [0.29, 0.717) is 53.2 Å². The van der Waals surface area contributed by atoms with E-state index < -0.39 is 11.6 Å². The third-order valence-corrected chi connectivity index (χ3v) is 10.6. The summed E-state index contributed by atoms with van der Waals surface area (Å²) in [7, 11) is 2.05. The molecule has 47 heavy (non-hydrogen) atoms. The number of nitriles is 1. The molecule has 6 aromatic rings. The quantitative estimate of drug-likeness (QED) is 0.232. The highest BCUT2D eigenvalue weighted by molar-refractivity contribution is 7.23. The lowest BCUT2D eigenvalue weighted by molar-refractivity contribution is 0.188. The average Bonchev–Trinajstić information content (AvgIpc) is 3.74. The fourth-order valence-electron chi connectivity index (χ4n) is 7.09. The smallest absolute Gasteiger partial charge is 0.319 e. The van der Waals surface area contributed by atoms with Gasteiger partial charge in [-0.25, -0.2) is 13.8 Å². The number of thiophene rings is 1. The first-order valence-electron chi connectivity index (χ1n) is 15.4. The number of likely N-dealkylation sites (tertiary alicyclic amines) is 1. The molecule has 0 spiro atoms. The van der Waals surface area contributed by atoms with Crippen LogP contribution < -0.4 is 21.1 Å². The van der Waals surface area contributed by atoms with E-state index in [1.54, 1.807) is 12.4 Å². The first-order valence-corrected chi connectivity index (χ1v) is 16.2. The maximum Gasteiger partial charge on any atom is 0.319 e. The van der Waals surface area contributed by atoms with Crippen molar-refractivity contribution in [1.29, 1.82) is 5.26 Å². The van der Waals surface area contributed by atoms with Gasteiger partial charge in [-0.2, -0.15) is 20.3 Å². The van der Waals surface area contributed by atoms with Gasteiger partial charge in [-0.1, -0.05) is 12.1 Å². The molecule has 2 aliphatic rings. The van der Waals surface area contributed by atoms with Crippen molar-refractivity contribution < 1.29 is 13.5 Å². The molecule has 0 aliphatic carbocycles. The molecule has 0 amide bonds. The second kappa shape index (κ2) is 11.0. The summed E-state index contributed by atoms with van der Waals surface area (Å²) >= 11 is 0.965. The van der Waals surface area contributed by atoms with Gasteiger partial charge in [0.1, 0.15) is 40.6 Å². The first kappa shape index (κ1) is 29.3. The predicted octanol–water partition coefficient (Wildman–Crippen LogP) is 5.62. The number of anilines is 3. The number of ether oxygens (including phenoxy) is 1. The van der Waals surface area contributed by atoms with Crippen molar-refractivity contribution in [1.82, 2.24) is 29.6 Å². The molecule has 4 N–H and O–H groups in total. The van der Waals surface area contributed by atoms with Gasteiger partial charge >= 0.3 is 6.01 Å². The molecule has 0 saturated carbocycles. The van der Waals surface area contributed by atoms with Crippen LogP contribution in [0.25, 0.3) is 43.0 Å². The number of aromatic nitrogens is 5. The molecule has 2 aromatic carbocycles. The fourth-order valence-corrected chi connectivity index (χ4v) is 8.03. The van der Waals surface area contributed by atoms with E-state index in [-0.39, 0.29) is 49.8 Å². The van der Waals surface area contributed by atoms with E-state index >= 15 is 8.78 Å². The van der Waals surface area contributed by atoms with E-state index in [1.807, 2.05) is 23.7 Å². The molecule has 8 rings (SSSR count). The fraction of sp³-hybridized carbons (Fsp3) is 0.303. The van der Waals surface area contributed by atoms with Gasteiger partial charge in [0.05, 0.1) is 39.9 Å². The largest absolute Gasteiger partial charge is 0.462 e. The van der Waals surface area contributed by atoms with Crippen molar-refractivity contribution in [2.75, 3.05) is 43.1 Å². The standard InChI is InChI=1S/C33H30F2N10OS/c1-16(18-6-3-9-39-30(18)37)44-11-12-45-28-21(14-40-45)23(19-7-8-22(34)29-24(19)20(13-36)31(38)47-29)26(35)27-25(28)32(44)42-33(41-27)46-15-17-5-4-10-43(17)2/h3,6-9,14,16-17H,4-5,10-12,15,38H2,1-2H3,(H2,37,39)/t16?,17-/m0/s1. The zero-order valence-corrected chi connectivity index (χ0v) is 26.5. The molecule has 0 radical (unpaired) electrons. The lowest BCUT2D eigenvalue weighted by Gasteiger charge is -2.31. The van der Waals surface area contributed by atoms with E-state index in [4.69, 9.17) is 26.2 Å². The van der Waals surface area contributed by atoms with Crippen LogP contribution in [0.15, 0.2) is 36.7 Å². The maximum absolute atomic E-state index is 17.4. The number of fused-ring (bicyclic) bond motifs is 1. The number of likely N-dealkylation sites (N-methyl/N-ethyl adjacent to an activating group) is 1. The Kier molecular flexibility index (Phi) is 6.85. The summed E-state index contributed by atoms with van der Waals surface area (Å²) in [6.07, 6.45) is 5.29. The molecule has 2 atom stereocenters. The third kappa shape index (κ3) is 4.44. The Balaban J connectivity index is 1.41. The number of nitrogen functional groups attached to an aromatic ring is 2. The van der Waals surface area contributed by atoms with Crippen molar-refractivity contribution in [2.45, 2.75) is 38.4 Å². The Morgan fingerprint density at radius 1 is 1.15 bits per heavy atom. The van der Waals surface area contributed by atoms with Crippen LogP contribution in [0.1, 0.15) is 36.9 Å². The number of benzene rings is 2. The Morgan fingerprint density at radius 3 is 2.77 bits per heavy atom. The molecule has 2 aliphatic heterocycles. The first-order chi connectivity index (χ1) is 22.8. The van der Waals surface area contributed by atoms with Crippen LogP contribution in [0.2, 0.25) is 0 Å². The van der Waals surface area contributed by atoms with Crippen molar-refractivity contribution in [2.24, 2.45) is 0 Å². The SMILES string of the molecule is CC(c1cccnc1N)N1CCn2ncc3c(-c4ccc(F)c5sc(N)c(C#N)c45)c(F)c4nc(OC[C@@H]5CCCN5C)nc1c4c32. The van der Waals surface area contributed by atoms with Gasteiger partial charge in [0, 0.05) is 40.7 Å². The number of rotatable bonds is 6. The number of nitrogens with two attached hydrogens (primary N) is 2. The number of hydrogen-bond donors (Lipinski definition) is 2. The Morgan fingerprint density at radius 2 is 2.00 bits per heavy atom. The minimum Gasteiger partial charge on any atom is -0.462 e. The van der Waals surface area contributed by atoms with Gasteiger partial charge in [0.15, 0.2) is 5.82 Å². The van der Waals surface area contributed by atoms with Gasteiger partial charge in [-0.05, 0) is 51.1 Å². The monoisotopic (exact) mass is 652 g/mol. The Labute approximate surface area is 272 Å². The summed E-state index contributed by atoms with van der Waals surface area (Å²) in [6.45, 7) is 4.24. The molecule has 1 saturated heterocycles. The van der Waals surface area contributed by atoms with Crippen LogP contribution in [0.3, 0.4) is 0 Å². The highest BCUT2D eigenvalue weighted by Gasteiger charge is 2.33. The molecule has 11 nitrogen and oxygen atoms in total. The number of hydrogen-bond acceptors (Lipinski definition) is 11. The molecule has 1 unspecified atom stereocenters.